The van der Waals surface area contributed by atoms with E-state index in [1.165, 1.54) is 7.11 Å². The molecular formula is C23H24N4O3S. The van der Waals surface area contributed by atoms with Crippen LogP contribution in [0.5, 0.6) is 0 Å². The third-order valence-corrected chi connectivity index (χ3v) is 5.74. The van der Waals surface area contributed by atoms with E-state index in [9.17, 15) is 4.79 Å². The van der Waals surface area contributed by atoms with Crippen molar-refractivity contribution < 1.29 is 14.3 Å². The van der Waals surface area contributed by atoms with Gasteiger partial charge in [0.15, 0.2) is 5.11 Å². The zero-order valence-electron chi connectivity index (χ0n) is 17.4. The Labute approximate surface area is 186 Å². The summed E-state index contributed by atoms with van der Waals surface area (Å²) in [7, 11) is 3.06. The van der Waals surface area contributed by atoms with Crippen LogP contribution >= 0.6 is 12.2 Å². The van der Waals surface area contributed by atoms with Gasteiger partial charge in [-0.25, -0.2) is 4.79 Å². The molecule has 4 rings (SSSR count). The van der Waals surface area contributed by atoms with Gasteiger partial charge in [0, 0.05) is 37.4 Å². The van der Waals surface area contributed by atoms with Crippen LogP contribution in [0.1, 0.15) is 33.8 Å². The zero-order chi connectivity index (χ0) is 21.8. The molecule has 0 saturated carbocycles. The van der Waals surface area contributed by atoms with E-state index in [2.05, 4.69) is 25.8 Å². The van der Waals surface area contributed by atoms with E-state index in [-0.39, 0.29) is 18.1 Å². The van der Waals surface area contributed by atoms with Crippen LogP contribution in [0, 0.1) is 0 Å². The number of ether oxygens (including phenoxy) is 2. The molecule has 1 aliphatic rings. The molecule has 0 radical (unpaired) electrons. The number of esters is 1. The average molecular weight is 437 g/mol. The smallest absolute Gasteiger partial charge is 0.337 e. The molecule has 2 aromatic heterocycles. The minimum atomic E-state index is -0.356. The van der Waals surface area contributed by atoms with Crippen molar-refractivity contribution in [1.82, 2.24) is 19.8 Å². The highest BCUT2D eigenvalue weighted by atomic mass is 32.1. The Hall–Kier alpha value is -3.23. The number of benzene rings is 1. The second kappa shape index (κ2) is 9.28. The van der Waals surface area contributed by atoms with Crippen molar-refractivity contribution in [3.63, 3.8) is 0 Å². The number of pyridine rings is 1. The molecule has 0 amide bonds. The van der Waals surface area contributed by atoms with Crippen LogP contribution in [0.15, 0.2) is 67.0 Å². The Morgan fingerprint density at radius 3 is 2.61 bits per heavy atom. The van der Waals surface area contributed by atoms with Gasteiger partial charge in [0.2, 0.25) is 0 Å². The molecular weight excluding hydrogens is 412 g/mol. The Bertz CT molecular complexity index is 1050. The minimum Gasteiger partial charge on any atom is -0.465 e. The first kappa shape index (κ1) is 21.0. The Balaban J connectivity index is 1.74. The minimum absolute atomic E-state index is 0.0761. The molecule has 8 heteroatoms. The van der Waals surface area contributed by atoms with Gasteiger partial charge in [0.1, 0.15) is 0 Å². The SMILES string of the molecule is COCCN1C(=S)N[C@@H](c2ccccn2)[C@@H]1c1cccn1-c1ccc(C(=O)OC)cc1. The van der Waals surface area contributed by atoms with Crippen LogP contribution in [0.2, 0.25) is 0 Å². The maximum atomic E-state index is 11.8. The quantitative estimate of drug-likeness (QED) is 0.450. The number of nitrogens with one attached hydrogen (secondary N) is 1. The fraction of sp³-hybridized carbons (Fsp3) is 0.261. The number of nitrogens with zero attached hydrogens (tertiary/aromatic N) is 3. The third-order valence-electron chi connectivity index (χ3n) is 5.38. The van der Waals surface area contributed by atoms with E-state index in [1.54, 1.807) is 25.4 Å². The van der Waals surface area contributed by atoms with Gasteiger partial charge < -0.3 is 24.3 Å². The lowest BCUT2D eigenvalue weighted by molar-refractivity contribution is 0.0600. The van der Waals surface area contributed by atoms with Crippen molar-refractivity contribution in [2.75, 3.05) is 27.4 Å². The normalized spacial score (nSPS) is 18.1. The molecule has 7 nitrogen and oxygen atoms in total. The molecule has 0 spiro atoms. The van der Waals surface area contributed by atoms with Gasteiger partial charge in [-0.15, -0.1) is 0 Å². The lowest BCUT2D eigenvalue weighted by atomic mass is 10.0. The summed E-state index contributed by atoms with van der Waals surface area (Å²) in [6.07, 6.45) is 3.80. The van der Waals surface area contributed by atoms with Gasteiger partial charge in [0.05, 0.1) is 37.1 Å². The Morgan fingerprint density at radius 2 is 1.94 bits per heavy atom. The largest absolute Gasteiger partial charge is 0.465 e. The topological polar surface area (TPSA) is 68.6 Å². The van der Waals surface area contributed by atoms with Gasteiger partial charge in [-0.1, -0.05) is 6.07 Å². The summed E-state index contributed by atoms with van der Waals surface area (Å²) in [6, 6.07) is 17.2. The van der Waals surface area contributed by atoms with Crippen LogP contribution in [0.3, 0.4) is 0 Å². The van der Waals surface area contributed by atoms with Crippen molar-refractivity contribution in [3.05, 3.63) is 83.9 Å². The van der Waals surface area contributed by atoms with E-state index in [4.69, 9.17) is 21.7 Å². The van der Waals surface area contributed by atoms with Gasteiger partial charge >= 0.3 is 5.97 Å². The van der Waals surface area contributed by atoms with E-state index in [1.807, 2.05) is 42.6 Å². The van der Waals surface area contributed by atoms with Crippen molar-refractivity contribution in [2.45, 2.75) is 12.1 Å². The van der Waals surface area contributed by atoms with Crippen LogP contribution in [-0.2, 0) is 9.47 Å². The standard InChI is InChI=1S/C23H24N4O3S/c1-29-15-14-27-21(20(25-23(27)31)18-6-3-4-12-24-18)19-7-5-13-26(19)17-10-8-16(9-11-17)22(28)30-2/h3-13,20-21H,14-15H2,1-2H3,(H,25,31)/t20-,21-/m0/s1. The van der Waals surface area contributed by atoms with Crippen molar-refractivity contribution in [3.8, 4) is 5.69 Å². The molecule has 2 atom stereocenters. The third kappa shape index (κ3) is 4.17. The first-order valence-corrected chi connectivity index (χ1v) is 10.4. The number of methoxy groups -OCH3 is 2. The average Bonchev–Trinajstić information content (AvgIpc) is 3.42. The lowest BCUT2D eigenvalue weighted by Crippen LogP contribution is -2.33. The molecule has 1 N–H and O–H groups in total. The fourth-order valence-corrected chi connectivity index (χ4v) is 4.24. The highest BCUT2D eigenvalue weighted by molar-refractivity contribution is 7.80. The number of rotatable bonds is 7. The molecule has 1 fully saturated rings. The maximum absolute atomic E-state index is 11.8. The molecule has 1 aliphatic heterocycles. The number of carbonyl (C=O) groups is 1. The lowest BCUT2D eigenvalue weighted by Gasteiger charge is -2.28. The predicted octanol–water partition coefficient (Wildman–Crippen LogP) is 3.28. The molecule has 3 aromatic rings. The van der Waals surface area contributed by atoms with Gasteiger partial charge in [-0.2, -0.15) is 0 Å². The number of carbonyl (C=O) groups excluding carboxylic acids is 1. The second-order valence-corrected chi connectivity index (χ2v) is 7.54. The number of hydrogen-bond acceptors (Lipinski definition) is 5. The summed E-state index contributed by atoms with van der Waals surface area (Å²) < 4.78 is 12.2. The van der Waals surface area contributed by atoms with E-state index < -0.39 is 0 Å². The number of thiocarbonyl (C=S) groups is 1. The van der Waals surface area contributed by atoms with Gasteiger partial charge in [0.25, 0.3) is 0 Å². The number of hydrogen-bond donors (Lipinski definition) is 1. The maximum Gasteiger partial charge on any atom is 0.337 e. The number of aromatic nitrogens is 2. The highest BCUT2D eigenvalue weighted by Gasteiger charge is 2.41. The summed E-state index contributed by atoms with van der Waals surface area (Å²) >= 11 is 5.67. The van der Waals surface area contributed by atoms with E-state index >= 15 is 0 Å². The summed E-state index contributed by atoms with van der Waals surface area (Å²) in [5, 5.41) is 4.12. The van der Waals surface area contributed by atoms with Crippen molar-refractivity contribution in [1.29, 1.82) is 0 Å². The molecule has 3 heterocycles. The first-order valence-electron chi connectivity index (χ1n) is 9.97. The Morgan fingerprint density at radius 1 is 1.13 bits per heavy atom. The molecule has 0 bridgehead atoms. The van der Waals surface area contributed by atoms with E-state index in [0.29, 0.717) is 23.8 Å². The van der Waals surface area contributed by atoms with Crippen LogP contribution in [0.4, 0.5) is 0 Å². The van der Waals surface area contributed by atoms with Gasteiger partial charge in [-0.3, -0.25) is 4.98 Å². The fourth-order valence-electron chi connectivity index (χ4n) is 3.90. The summed E-state index contributed by atoms with van der Waals surface area (Å²) in [5.74, 6) is -0.356. The van der Waals surface area contributed by atoms with Crippen LogP contribution in [-0.4, -0.2) is 52.9 Å². The molecule has 0 unspecified atom stereocenters. The van der Waals surface area contributed by atoms with Crippen LogP contribution < -0.4 is 5.32 Å². The first-order chi connectivity index (χ1) is 15.1. The molecule has 0 aliphatic carbocycles. The predicted molar refractivity (Wildman–Crippen MR) is 121 cm³/mol. The molecule has 31 heavy (non-hydrogen) atoms. The van der Waals surface area contributed by atoms with Crippen molar-refractivity contribution in [2.24, 2.45) is 0 Å². The zero-order valence-corrected chi connectivity index (χ0v) is 18.2. The second-order valence-electron chi connectivity index (χ2n) is 7.15. The monoisotopic (exact) mass is 436 g/mol. The summed E-state index contributed by atoms with van der Waals surface area (Å²) in [6.45, 7) is 1.21. The van der Waals surface area contributed by atoms with Crippen LogP contribution in [0.25, 0.3) is 5.69 Å². The summed E-state index contributed by atoms with van der Waals surface area (Å²) in [4.78, 5) is 18.5. The van der Waals surface area contributed by atoms with Crippen molar-refractivity contribution >= 4 is 23.3 Å². The van der Waals surface area contributed by atoms with E-state index in [0.717, 1.165) is 17.1 Å². The molecule has 160 valence electrons. The molecule has 1 aromatic carbocycles. The van der Waals surface area contributed by atoms with Gasteiger partial charge in [-0.05, 0) is 60.7 Å². The summed E-state index contributed by atoms with van der Waals surface area (Å²) in [5.41, 5.74) is 3.43. The highest BCUT2D eigenvalue weighted by Crippen LogP contribution is 2.39. The Kier molecular flexibility index (Phi) is 6.29. The molecule has 1 saturated heterocycles.